The molecule has 5 atom stereocenters. The molecule has 0 saturated carbocycles. The van der Waals surface area contributed by atoms with Gasteiger partial charge in [-0.25, -0.2) is 4.79 Å². The maximum absolute atomic E-state index is 13.1. The number of carbonyl (C=O) groups is 3. The van der Waals surface area contributed by atoms with Gasteiger partial charge in [-0.05, 0) is 31.7 Å². The molecule has 0 aliphatic carbocycles. The molecule has 0 aromatic heterocycles. The largest absolute Gasteiger partial charge is 0.480 e. The summed E-state index contributed by atoms with van der Waals surface area (Å²) in [5.74, 6) is -1.74. The number of carbonyl (C=O) groups excluding carboxylic acids is 2. The van der Waals surface area contributed by atoms with Gasteiger partial charge in [0.2, 0.25) is 5.91 Å². The molecule has 2 saturated heterocycles. The van der Waals surface area contributed by atoms with Gasteiger partial charge in [0, 0.05) is 5.92 Å². The number of esters is 1. The van der Waals surface area contributed by atoms with Crippen LogP contribution < -0.4 is 5.32 Å². The van der Waals surface area contributed by atoms with Crippen LogP contribution in [0.15, 0.2) is 30.3 Å². The lowest BCUT2D eigenvalue weighted by molar-refractivity contribution is -0.151. The third-order valence-electron chi connectivity index (χ3n) is 5.80. The number of benzene rings is 1. The van der Waals surface area contributed by atoms with Gasteiger partial charge in [0.25, 0.3) is 0 Å². The zero-order valence-corrected chi connectivity index (χ0v) is 16.7. The maximum atomic E-state index is 13.1. The highest BCUT2D eigenvalue weighted by molar-refractivity contribution is 5.88. The minimum atomic E-state index is -1.01. The Morgan fingerprint density at radius 3 is 2.66 bits per heavy atom. The van der Waals surface area contributed by atoms with Gasteiger partial charge in [-0.1, -0.05) is 30.3 Å². The first-order valence-corrected chi connectivity index (χ1v) is 9.93. The van der Waals surface area contributed by atoms with Crippen molar-refractivity contribution in [2.24, 2.45) is 5.92 Å². The molecule has 0 radical (unpaired) electrons. The SMILES string of the molecule is COC(=O)[C@H](CCc1ccccc1)NC(C)C(=O)N1C2COCC2C[C@H]1C(=O)O. The molecule has 1 aromatic rings. The zero-order valence-electron chi connectivity index (χ0n) is 16.7. The monoisotopic (exact) mass is 404 g/mol. The Hall–Kier alpha value is -2.45. The number of aryl methyl sites for hydroxylation is 1. The molecule has 2 aliphatic rings. The minimum Gasteiger partial charge on any atom is -0.480 e. The van der Waals surface area contributed by atoms with Crippen molar-refractivity contribution in [1.82, 2.24) is 10.2 Å². The highest BCUT2D eigenvalue weighted by atomic mass is 16.5. The number of amides is 1. The zero-order chi connectivity index (χ0) is 21.0. The van der Waals surface area contributed by atoms with Gasteiger partial charge in [0.15, 0.2) is 0 Å². The predicted octanol–water partition coefficient (Wildman–Crippen LogP) is 0.839. The van der Waals surface area contributed by atoms with Crippen molar-refractivity contribution < 1.29 is 29.0 Å². The molecule has 8 nitrogen and oxygen atoms in total. The highest BCUT2D eigenvalue weighted by Crippen LogP contribution is 2.35. The van der Waals surface area contributed by atoms with E-state index in [-0.39, 0.29) is 17.9 Å². The van der Waals surface area contributed by atoms with Gasteiger partial charge in [-0.2, -0.15) is 0 Å². The summed E-state index contributed by atoms with van der Waals surface area (Å²) in [6, 6.07) is 7.27. The van der Waals surface area contributed by atoms with E-state index in [0.717, 1.165) is 5.56 Å². The van der Waals surface area contributed by atoms with Gasteiger partial charge in [-0.15, -0.1) is 0 Å². The number of likely N-dealkylation sites (tertiary alicyclic amines) is 1. The van der Waals surface area contributed by atoms with Gasteiger partial charge < -0.3 is 19.5 Å². The quantitative estimate of drug-likeness (QED) is 0.619. The number of carboxylic acids is 1. The fourth-order valence-electron chi connectivity index (χ4n) is 4.25. The Morgan fingerprint density at radius 2 is 2.00 bits per heavy atom. The van der Waals surface area contributed by atoms with Crippen molar-refractivity contribution in [3.8, 4) is 0 Å². The van der Waals surface area contributed by atoms with Gasteiger partial charge >= 0.3 is 11.9 Å². The number of nitrogens with zero attached hydrogens (tertiary/aromatic N) is 1. The molecule has 0 bridgehead atoms. The van der Waals surface area contributed by atoms with Crippen LogP contribution in [0.5, 0.6) is 0 Å². The molecule has 2 heterocycles. The number of nitrogens with one attached hydrogen (secondary N) is 1. The number of hydrogen-bond donors (Lipinski definition) is 2. The number of carboxylic acid groups (broad SMARTS) is 1. The van der Waals surface area contributed by atoms with Crippen LogP contribution in [0.4, 0.5) is 0 Å². The Bertz CT molecular complexity index is 740. The van der Waals surface area contributed by atoms with E-state index in [1.807, 2.05) is 30.3 Å². The van der Waals surface area contributed by atoms with Gasteiger partial charge in [0.1, 0.15) is 12.1 Å². The summed E-state index contributed by atoms with van der Waals surface area (Å²) >= 11 is 0. The molecule has 0 spiro atoms. The molecular weight excluding hydrogens is 376 g/mol. The standard InChI is InChI=1S/C21H28N2O6/c1-13(19(24)23-17(20(25)26)10-15-11-29-12-18(15)23)22-16(21(27)28-2)9-8-14-6-4-3-5-7-14/h3-7,13,15-18,22H,8-12H2,1-2H3,(H,25,26)/t13?,15?,16-,17-,18?/m0/s1. The summed E-state index contributed by atoms with van der Waals surface area (Å²) in [4.78, 5) is 38.5. The molecule has 2 aliphatic heterocycles. The van der Waals surface area contributed by atoms with E-state index in [2.05, 4.69) is 5.32 Å². The molecule has 8 heteroatoms. The fourth-order valence-corrected chi connectivity index (χ4v) is 4.25. The van der Waals surface area contributed by atoms with E-state index < -0.39 is 30.1 Å². The lowest BCUT2D eigenvalue weighted by Crippen LogP contribution is -2.55. The van der Waals surface area contributed by atoms with Crippen molar-refractivity contribution in [3.05, 3.63) is 35.9 Å². The van der Waals surface area contributed by atoms with E-state index in [1.165, 1.54) is 12.0 Å². The number of methoxy groups -OCH3 is 1. The third kappa shape index (κ3) is 4.76. The molecular formula is C21H28N2O6. The van der Waals surface area contributed by atoms with Crippen LogP contribution in [0.3, 0.4) is 0 Å². The summed E-state index contributed by atoms with van der Waals surface area (Å²) in [5, 5.41) is 12.6. The first kappa shape index (κ1) is 21.3. The van der Waals surface area contributed by atoms with Crippen molar-refractivity contribution in [1.29, 1.82) is 0 Å². The van der Waals surface area contributed by atoms with Crippen LogP contribution in [0.1, 0.15) is 25.3 Å². The number of hydrogen-bond acceptors (Lipinski definition) is 6. The molecule has 3 unspecified atom stereocenters. The lowest BCUT2D eigenvalue weighted by Gasteiger charge is -2.31. The number of aliphatic carboxylic acids is 1. The van der Waals surface area contributed by atoms with Crippen molar-refractivity contribution >= 4 is 17.8 Å². The number of rotatable bonds is 8. The molecule has 1 aromatic carbocycles. The van der Waals surface area contributed by atoms with Gasteiger partial charge in [0.05, 0.1) is 32.4 Å². The fraction of sp³-hybridized carbons (Fsp3) is 0.571. The van der Waals surface area contributed by atoms with Crippen LogP contribution >= 0.6 is 0 Å². The van der Waals surface area contributed by atoms with Crippen molar-refractivity contribution in [2.45, 2.75) is 50.4 Å². The summed E-state index contributed by atoms with van der Waals surface area (Å²) < 4.78 is 10.3. The Balaban J connectivity index is 1.67. The highest BCUT2D eigenvalue weighted by Gasteiger charge is 2.50. The van der Waals surface area contributed by atoms with Crippen LogP contribution in [-0.2, 0) is 30.3 Å². The van der Waals surface area contributed by atoms with E-state index in [0.29, 0.717) is 32.5 Å². The van der Waals surface area contributed by atoms with Crippen molar-refractivity contribution in [2.75, 3.05) is 20.3 Å². The summed E-state index contributed by atoms with van der Waals surface area (Å²) in [6.45, 7) is 2.48. The molecule has 2 N–H and O–H groups in total. The number of ether oxygens (including phenoxy) is 2. The van der Waals surface area contributed by atoms with Crippen LogP contribution in [0.2, 0.25) is 0 Å². The first-order valence-electron chi connectivity index (χ1n) is 9.93. The summed E-state index contributed by atoms with van der Waals surface area (Å²) in [7, 11) is 1.31. The Morgan fingerprint density at radius 1 is 1.28 bits per heavy atom. The minimum absolute atomic E-state index is 0.0433. The maximum Gasteiger partial charge on any atom is 0.326 e. The van der Waals surface area contributed by atoms with Crippen LogP contribution in [0, 0.1) is 5.92 Å². The number of fused-ring (bicyclic) bond motifs is 1. The normalized spacial score (nSPS) is 25.3. The second kappa shape index (κ2) is 9.37. The van der Waals surface area contributed by atoms with E-state index in [4.69, 9.17) is 9.47 Å². The average Bonchev–Trinajstić information content (AvgIpc) is 3.31. The Kier molecular flexibility index (Phi) is 6.87. The van der Waals surface area contributed by atoms with E-state index in [9.17, 15) is 19.5 Å². The average molecular weight is 404 g/mol. The summed E-state index contributed by atoms with van der Waals surface area (Å²) in [5.41, 5.74) is 1.08. The molecule has 1 amide bonds. The molecule has 158 valence electrons. The van der Waals surface area contributed by atoms with E-state index in [1.54, 1.807) is 6.92 Å². The lowest BCUT2D eigenvalue weighted by atomic mass is 10.0. The van der Waals surface area contributed by atoms with Gasteiger partial charge in [-0.3, -0.25) is 14.9 Å². The smallest absolute Gasteiger partial charge is 0.326 e. The van der Waals surface area contributed by atoms with Crippen LogP contribution in [-0.4, -0.2) is 72.3 Å². The van der Waals surface area contributed by atoms with Crippen LogP contribution in [0.25, 0.3) is 0 Å². The molecule has 2 fully saturated rings. The van der Waals surface area contributed by atoms with E-state index >= 15 is 0 Å². The molecule has 3 rings (SSSR count). The third-order valence-corrected chi connectivity index (χ3v) is 5.80. The predicted molar refractivity (Wildman–Crippen MR) is 104 cm³/mol. The topological polar surface area (TPSA) is 105 Å². The Labute approximate surface area is 170 Å². The first-order chi connectivity index (χ1) is 13.9. The second-order valence-electron chi connectivity index (χ2n) is 7.69. The summed E-state index contributed by atoms with van der Waals surface area (Å²) in [6.07, 6.45) is 1.51. The second-order valence-corrected chi connectivity index (χ2v) is 7.69. The molecule has 29 heavy (non-hydrogen) atoms. The van der Waals surface area contributed by atoms with Crippen molar-refractivity contribution in [3.63, 3.8) is 0 Å².